The molecular formula is C8H14ClO3P. The molecule has 0 aromatic carbocycles. The van der Waals surface area contributed by atoms with Crippen LogP contribution >= 0.6 is 19.2 Å². The van der Waals surface area contributed by atoms with E-state index in [9.17, 15) is 4.57 Å². The van der Waals surface area contributed by atoms with Gasteiger partial charge in [-0.05, 0) is 19.4 Å². The Balaban J connectivity index is 4.82. The van der Waals surface area contributed by atoms with Crippen molar-refractivity contribution in [3.63, 3.8) is 0 Å². The SMILES string of the molecule is C/C=C(C)/C(Cl)=C/P(=O)(OC)OC. The van der Waals surface area contributed by atoms with E-state index in [4.69, 9.17) is 20.6 Å². The lowest BCUT2D eigenvalue weighted by Gasteiger charge is -2.09. The Morgan fingerprint density at radius 2 is 1.85 bits per heavy atom. The van der Waals surface area contributed by atoms with Crippen molar-refractivity contribution in [3.8, 4) is 0 Å². The monoisotopic (exact) mass is 224 g/mol. The molecule has 0 heterocycles. The summed E-state index contributed by atoms with van der Waals surface area (Å²) in [5, 5.41) is 0.384. The van der Waals surface area contributed by atoms with E-state index in [2.05, 4.69) is 0 Å². The second-order valence-electron chi connectivity index (χ2n) is 2.35. The summed E-state index contributed by atoms with van der Waals surface area (Å²) in [5.41, 5.74) is 0.830. The quantitative estimate of drug-likeness (QED) is 0.541. The second kappa shape index (κ2) is 5.61. The van der Waals surface area contributed by atoms with Gasteiger partial charge in [0.2, 0.25) is 0 Å². The Labute approximate surface area is 83.9 Å². The standard InChI is InChI=1S/C8H14ClO3P/c1-5-7(2)8(9)6-13(10,11-3)12-4/h5-6H,1-4H3/b7-5+,8-6-. The van der Waals surface area contributed by atoms with Crippen molar-refractivity contribution in [2.45, 2.75) is 13.8 Å². The average Bonchev–Trinajstić information content (AvgIpc) is 2.16. The predicted octanol–water partition coefficient (Wildman–Crippen LogP) is 3.52. The van der Waals surface area contributed by atoms with Crippen molar-refractivity contribution in [2.75, 3.05) is 14.2 Å². The molecule has 0 aliphatic carbocycles. The lowest BCUT2D eigenvalue weighted by atomic mass is 10.3. The summed E-state index contributed by atoms with van der Waals surface area (Å²) in [6.45, 7) is 3.66. The molecular weight excluding hydrogens is 211 g/mol. The molecule has 0 rings (SSSR count). The fourth-order valence-corrected chi connectivity index (χ4v) is 1.87. The Bertz CT molecular complexity index is 263. The fourth-order valence-electron chi connectivity index (χ4n) is 0.558. The van der Waals surface area contributed by atoms with Gasteiger partial charge in [0.1, 0.15) is 0 Å². The summed E-state index contributed by atoms with van der Waals surface area (Å²) >= 11 is 5.83. The third-order valence-electron chi connectivity index (χ3n) is 1.59. The van der Waals surface area contributed by atoms with Gasteiger partial charge in [-0.25, -0.2) is 0 Å². The average molecular weight is 225 g/mol. The molecule has 0 saturated carbocycles. The first-order valence-electron chi connectivity index (χ1n) is 3.72. The molecule has 0 aliphatic heterocycles. The van der Waals surface area contributed by atoms with Gasteiger partial charge in [0.15, 0.2) is 0 Å². The highest BCUT2D eigenvalue weighted by Crippen LogP contribution is 2.50. The van der Waals surface area contributed by atoms with Crippen LogP contribution in [-0.2, 0) is 13.6 Å². The van der Waals surface area contributed by atoms with Crippen LogP contribution in [0.25, 0.3) is 0 Å². The molecule has 5 heteroatoms. The normalized spacial score (nSPS) is 14.8. The van der Waals surface area contributed by atoms with Gasteiger partial charge in [-0.3, -0.25) is 4.57 Å². The zero-order valence-electron chi connectivity index (χ0n) is 8.20. The Morgan fingerprint density at radius 1 is 1.38 bits per heavy atom. The molecule has 0 spiro atoms. The van der Waals surface area contributed by atoms with Gasteiger partial charge >= 0.3 is 7.60 Å². The number of hydrogen-bond acceptors (Lipinski definition) is 3. The molecule has 0 saturated heterocycles. The van der Waals surface area contributed by atoms with Gasteiger partial charge in [-0.1, -0.05) is 17.7 Å². The van der Waals surface area contributed by atoms with Gasteiger partial charge in [0.05, 0.1) is 5.03 Å². The minimum atomic E-state index is -3.14. The van der Waals surface area contributed by atoms with E-state index < -0.39 is 7.60 Å². The Hall–Kier alpha value is -0.0800. The van der Waals surface area contributed by atoms with Crippen molar-refractivity contribution >= 4 is 19.2 Å². The number of rotatable bonds is 4. The van der Waals surface area contributed by atoms with E-state index in [-0.39, 0.29) is 0 Å². The van der Waals surface area contributed by atoms with Gasteiger partial charge in [-0.2, -0.15) is 0 Å². The van der Waals surface area contributed by atoms with Crippen LogP contribution in [0.3, 0.4) is 0 Å². The smallest absolute Gasteiger partial charge is 0.309 e. The van der Waals surface area contributed by atoms with Crippen LogP contribution in [-0.4, -0.2) is 14.2 Å². The molecule has 3 nitrogen and oxygen atoms in total. The number of hydrogen-bond donors (Lipinski definition) is 0. The van der Waals surface area contributed by atoms with E-state index in [1.807, 2.05) is 19.9 Å². The highest BCUT2D eigenvalue weighted by molar-refractivity contribution is 7.57. The van der Waals surface area contributed by atoms with Crippen molar-refractivity contribution < 1.29 is 13.6 Å². The van der Waals surface area contributed by atoms with Crippen molar-refractivity contribution in [1.29, 1.82) is 0 Å². The molecule has 0 atom stereocenters. The van der Waals surface area contributed by atoms with Crippen LogP contribution in [0, 0.1) is 0 Å². The van der Waals surface area contributed by atoms with Crippen LogP contribution in [0.1, 0.15) is 13.8 Å². The molecule has 0 N–H and O–H groups in total. The summed E-state index contributed by atoms with van der Waals surface area (Å²) in [4.78, 5) is 0. The van der Waals surface area contributed by atoms with E-state index in [0.29, 0.717) is 5.03 Å². The zero-order valence-corrected chi connectivity index (χ0v) is 9.85. The van der Waals surface area contributed by atoms with E-state index in [0.717, 1.165) is 5.57 Å². The molecule has 0 unspecified atom stereocenters. The first-order valence-corrected chi connectivity index (χ1v) is 5.71. The highest BCUT2D eigenvalue weighted by Gasteiger charge is 2.18. The summed E-state index contributed by atoms with van der Waals surface area (Å²) < 4.78 is 20.9. The van der Waals surface area contributed by atoms with Crippen LogP contribution in [0.4, 0.5) is 0 Å². The van der Waals surface area contributed by atoms with Crippen LogP contribution in [0.2, 0.25) is 0 Å². The zero-order chi connectivity index (χ0) is 10.5. The maximum absolute atomic E-state index is 11.5. The van der Waals surface area contributed by atoms with Crippen LogP contribution in [0.15, 0.2) is 22.5 Å². The van der Waals surface area contributed by atoms with Crippen LogP contribution < -0.4 is 0 Å². The van der Waals surface area contributed by atoms with Crippen molar-refractivity contribution in [2.24, 2.45) is 0 Å². The predicted molar refractivity (Wildman–Crippen MR) is 55.0 cm³/mol. The van der Waals surface area contributed by atoms with Gasteiger partial charge < -0.3 is 9.05 Å². The van der Waals surface area contributed by atoms with Gasteiger partial charge in [0, 0.05) is 20.0 Å². The largest absolute Gasteiger partial charge is 0.355 e. The third-order valence-corrected chi connectivity index (χ3v) is 3.74. The lowest BCUT2D eigenvalue weighted by Crippen LogP contribution is -1.85. The third kappa shape index (κ3) is 4.10. The molecule has 0 fully saturated rings. The lowest BCUT2D eigenvalue weighted by molar-refractivity contribution is 0.286. The highest BCUT2D eigenvalue weighted by atomic mass is 35.5. The summed E-state index contributed by atoms with van der Waals surface area (Å²) in [6, 6.07) is 0. The molecule has 13 heavy (non-hydrogen) atoms. The van der Waals surface area contributed by atoms with Gasteiger partial charge in [0.25, 0.3) is 0 Å². The van der Waals surface area contributed by atoms with Gasteiger partial charge in [-0.15, -0.1) is 0 Å². The molecule has 0 aromatic rings. The maximum atomic E-state index is 11.5. The summed E-state index contributed by atoms with van der Waals surface area (Å²) in [7, 11) is -0.508. The summed E-state index contributed by atoms with van der Waals surface area (Å²) in [6.07, 6.45) is 1.81. The molecule has 0 radical (unpaired) electrons. The van der Waals surface area contributed by atoms with Crippen molar-refractivity contribution in [1.82, 2.24) is 0 Å². The van der Waals surface area contributed by atoms with Crippen LogP contribution in [0.5, 0.6) is 0 Å². The van der Waals surface area contributed by atoms with E-state index >= 15 is 0 Å². The Morgan fingerprint density at radius 3 is 2.15 bits per heavy atom. The Kier molecular flexibility index (Phi) is 5.57. The first kappa shape index (κ1) is 12.9. The fraction of sp³-hybridized carbons (Fsp3) is 0.500. The van der Waals surface area contributed by atoms with E-state index in [1.54, 1.807) is 0 Å². The summed E-state index contributed by atoms with van der Waals surface area (Å²) in [5.74, 6) is 1.30. The maximum Gasteiger partial charge on any atom is 0.355 e. The number of halogens is 1. The minimum Gasteiger partial charge on any atom is -0.309 e. The topological polar surface area (TPSA) is 35.5 Å². The minimum absolute atomic E-state index is 0.384. The molecule has 76 valence electrons. The molecule has 0 amide bonds. The van der Waals surface area contributed by atoms with E-state index in [1.165, 1.54) is 20.0 Å². The molecule has 0 aliphatic rings. The molecule has 0 bridgehead atoms. The van der Waals surface area contributed by atoms with Crippen molar-refractivity contribution in [3.05, 3.63) is 22.5 Å². The number of allylic oxidation sites excluding steroid dienone is 3. The molecule has 0 aromatic heterocycles. The first-order chi connectivity index (χ1) is 5.99. The second-order valence-corrected chi connectivity index (χ2v) is 4.83.